The molecule has 0 aliphatic heterocycles. The molecule has 0 heterocycles. The van der Waals surface area contributed by atoms with E-state index >= 15 is 0 Å². The first-order valence-electron chi connectivity index (χ1n) is 9.04. The first-order chi connectivity index (χ1) is 13.0. The average molecular weight is 500 g/mol. The van der Waals surface area contributed by atoms with Gasteiger partial charge in [-0.25, -0.2) is 4.39 Å². The summed E-state index contributed by atoms with van der Waals surface area (Å²) in [6.45, 7) is 4.43. The zero-order valence-electron chi connectivity index (χ0n) is 17.0. The minimum absolute atomic E-state index is 0. The van der Waals surface area contributed by atoms with Crippen molar-refractivity contribution in [3.05, 3.63) is 65.0 Å². The number of guanidine groups is 1. The second kappa shape index (κ2) is 12.6. The number of rotatable bonds is 8. The molecule has 0 saturated carbocycles. The minimum atomic E-state index is -0.188. The van der Waals surface area contributed by atoms with Gasteiger partial charge in [-0.05, 0) is 44.3 Å². The van der Waals surface area contributed by atoms with E-state index in [-0.39, 0.29) is 29.8 Å². The second-order valence-corrected chi connectivity index (χ2v) is 6.62. The molecule has 0 amide bonds. The zero-order valence-corrected chi connectivity index (χ0v) is 19.3. The molecule has 0 bridgehead atoms. The quantitative estimate of drug-likeness (QED) is 0.331. The van der Waals surface area contributed by atoms with Gasteiger partial charge in [0.15, 0.2) is 5.96 Å². The molecule has 2 aromatic rings. The van der Waals surface area contributed by atoms with Crippen LogP contribution >= 0.6 is 24.0 Å². The summed E-state index contributed by atoms with van der Waals surface area (Å²) >= 11 is 0. The molecule has 5 nitrogen and oxygen atoms in total. The number of ether oxygens (including phenoxy) is 1. The van der Waals surface area contributed by atoms with E-state index in [1.54, 1.807) is 20.0 Å². The molecule has 2 aromatic carbocycles. The van der Waals surface area contributed by atoms with Gasteiger partial charge in [0.05, 0.1) is 0 Å². The Balaban J connectivity index is 0.00000392. The van der Waals surface area contributed by atoms with Crippen LogP contribution in [0.2, 0.25) is 0 Å². The van der Waals surface area contributed by atoms with Gasteiger partial charge in [-0.2, -0.15) is 0 Å². The molecule has 0 spiro atoms. The third-order valence-corrected chi connectivity index (χ3v) is 4.12. The monoisotopic (exact) mass is 500 g/mol. The Kier molecular flexibility index (Phi) is 10.8. The van der Waals surface area contributed by atoms with Crippen LogP contribution in [0.5, 0.6) is 5.75 Å². The number of hydrogen-bond donors (Lipinski definition) is 2. The molecule has 0 aliphatic carbocycles. The first-order valence-corrected chi connectivity index (χ1v) is 9.04. The summed E-state index contributed by atoms with van der Waals surface area (Å²) in [7, 11) is 5.77. The van der Waals surface area contributed by atoms with Crippen LogP contribution in [-0.2, 0) is 13.1 Å². The lowest BCUT2D eigenvalue weighted by atomic mass is 10.1. The van der Waals surface area contributed by atoms with Gasteiger partial charge in [0, 0.05) is 32.2 Å². The molecule has 0 atom stereocenters. The molecule has 0 unspecified atom stereocenters. The molecule has 154 valence electrons. The molecule has 0 aromatic heterocycles. The van der Waals surface area contributed by atoms with Crippen LogP contribution in [-0.4, -0.2) is 45.2 Å². The third kappa shape index (κ3) is 8.02. The van der Waals surface area contributed by atoms with E-state index in [0.29, 0.717) is 31.2 Å². The number of aryl methyl sites for hydroxylation is 1. The summed E-state index contributed by atoms with van der Waals surface area (Å²) in [6.07, 6.45) is 0. The van der Waals surface area contributed by atoms with Crippen LogP contribution < -0.4 is 15.4 Å². The normalized spacial score (nSPS) is 11.1. The van der Waals surface area contributed by atoms with Gasteiger partial charge in [-0.3, -0.25) is 4.99 Å². The van der Waals surface area contributed by atoms with Crippen LogP contribution in [0.15, 0.2) is 47.5 Å². The van der Waals surface area contributed by atoms with E-state index in [1.807, 2.05) is 44.4 Å². The van der Waals surface area contributed by atoms with Crippen molar-refractivity contribution in [2.45, 2.75) is 20.0 Å². The van der Waals surface area contributed by atoms with Gasteiger partial charge in [-0.15, -0.1) is 24.0 Å². The highest BCUT2D eigenvalue weighted by Crippen LogP contribution is 2.17. The van der Waals surface area contributed by atoms with Gasteiger partial charge in [0.25, 0.3) is 0 Å². The fourth-order valence-corrected chi connectivity index (χ4v) is 2.53. The standard InChI is InChI=1S/C21H29FN4O.HI/c1-16-13-17(9-10-19(16)22)14-24-21(23-2)25-15-18-7-5-6-8-20(18)27-12-11-26(3)4;/h5-10,13H,11-12,14-15H2,1-4H3,(H2,23,24,25);1H. The lowest BCUT2D eigenvalue weighted by Gasteiger charge is -2.16. The Morgan fingerprint density at radius 2 is 1.82 bits per heavy atom. The predicted octanol–water partition coefficient (Wildman–Crippen LogP) is 3.56. The summed E-state index contributed by atoms with van der Waals surface area (Å²) in [6, 6.07) is 13.1. The van der Waals surface area contributed by atoms with E-state index in [0.717, 1.165) is 23.4 Å². The van der Waals surface area contributed by atoms with E-state index in [1.165, 1.54) is 6.07 Å². The van der Waals surface area contributed by atoms with Crippen molar-refractivity contribution in [3.8, 4) is 5.75 Å². The van der Waals surface area contributed by atoms with Crippen LogP contribution in [0.4, 0.5) is 4.39 Å². The molecule has 28 heavy (non-hydrogen) atoms. The third-order valence-electron chi connectivity index (χ3n) is 4.12. The molecule has 0 saturated heterocycles. The van der Waals surface area contributed by atoms with Gasteiger partial charge >= 0.3 is 0 Å². The minimum Gasteiger partial charge on any atom is -0.492 e. The molecule has 7 heteroatoms. The summed E-state index contributed by atoms with van der Waals surface area (Å²) in [4.78, 5) is 6.33. The largest absolute Gasteiger partial charge is 0.492 e. The Morgan fingerprint density at radius 1 is 1.11 bits per heavy atom. The molecular formula is C21H30FIN4O. The van der Waals surface area contributed by atoms with Crippen molar-refractivity contribution in [3.63, 3.8) is 0 Å². The Hall–Kier alpha value is -1.87. The Labute approximate surface area is 184 Å². The molecule has 0 radical (unpaired) electrons. The number of nitrogens with one attached hydrogen (secondary N) is 2. The number of aliphatic imine (C=N–C) groups is 1. The number of para-hydroxylation sites is 1. The molecule has 2 N–H and O–H groups in total. The van der Waals surface area contributed by atoms with Gasteiger partial charge in [0.1, 0.15) is 18.2 Å². The second-order valence-electron chi connectivity index (χ2n) is 6.62. The summed E-state index contributed by atoms with van der Waals surface area (Å²) in [5.41, 5.74) is 2.71. The molecule has 0 aliphatic rings. The van der Waals surface area contributed by atoms with Gasteiger partial charge < -0.3 is 20.3 Å². The number of halogens is 2. The average Bonchev–Trinajstić information content (AvgIpc) is 2.65. The Morgan fingerprint density at radius 3 is 2.50 bits per heavy atom. The van der Waals surface area contributed by atoms with Crippen molar-refractivity contribution < 1.29 is 9.13 Å². The maximum Gasteiger partial charge on any atom is 0.191 e. The van der Waals surface area contributed by atoms with Crippen LogP contribution in [0, 0.1) is 12.7 Å². The fourth-order valence-electron chi connectivity index (χ4n) is 2.53. The number of nitrogens with zero attached hydrogens (tertiary/aromatic N) is 2. The maximum atomic E-state index is 13.4. The fraction of sp³-hybridized carbons (Fsp3) is 0.381. The van der Waals surface area contributed by atoms with Crippen LogP contribution in [0.1, 0.15) is 16.7 Å². The van der Waals surface area contributed by atoms with Crippen molar-refractivity contribution in [1.29, 1.82) is 0 Å². The summed E-state index contributed by atoms with van der Waals surface area (Å²) in [5, 5.41) is 6.55. The smallest absolute Gasteiger partial charge is 0.191 e. The number of hydrogen-bond acceptors (Lipinski definition) is 3. The first kappa shape index (κ1) is 24.2. The van der Waals surface area contributed by atoms with Crippen molar-refractivity contribution >= 4 is 29.9 Å². The number of likely N-dealkylation sites (N-methyl/N-ethyl adjacent to an activating group) is 1. The van der Waals surface area contributed by atoms with E-state index < -0.39 is 0 Å². The van der Waals surface area contributed by atoms with Crippen LogP contribution in [0.25, 0.3) is 0 Å². The van der Waals surface area contributed by atoms with E-state index in [9.17, 15) is 4.39 Å². The molecule has 0 fully saturated rings. The lowest BCUT2D eigenvalue weighted by Crippen LogP contribution is -2.36. The summed E-state index contributed by atoms with van der Waals surface area (Å²) in [5.74, 6) is 1.36. The van der Waals surface area contributed by atoms with E-state index in [2.05, 4.69) is 20.5 Å². The van der Waals surface area contributed by atoms with Crippen molar-refractivity contribution in [1.82, 2.24) is 15.5 Å². The highest BCUT2D eigenvalue weighted by molar-refractivity contribution is 14.0. The van der Waals surface area contributed by atoms with Gasteiger partial charge in [-0.1, -0.05) is 30.3 Å². The molecular weight excluding hydrogens is 470 g/mol. The zero-order chi connectivity index (χ0) is 19.6. The topological polar surface area (TPSA) is 48.9 Å². The van der Waals surface area contributed by atoms with Gasteiger partial charge in [0.2, 0.25) is 0 Å². The Bertz CT molecular complexity index is 768. The SMILES string of the molecule is CN=C(NCc1ccc(F)c(C)c1)NCc1ccccc1OCCN(C)C.I. The van der Waals surface area contributed by atoms with Crippen molar-refractivity contribution in [2.75, 3.05) is 34.3 Å². The maximum absolute atomic E-state index is 13.4. The van der Waals surface area contributed by atoms with Crippen LogP contribution in [0.3, 0.4) is 0 Å². The highest BCUT2D eigenvalue weighted by atomic mass is 127. The molecule has 2 rings (SSSR count). The predicted molar refractivity (Wildman–Crippen MR) is 124 cm³/mol. The van der Waals surface area contributed by atoms with E-state index in [4.69, 9.17) is 4.74 Å². The number of benzene rings is 2. The summed E-state index contributed by atoms with van der Waals surface area (Å²) < 4.78 is 19.3. The highest BCUT2D eigenvalue weighted by Gasteiger charge is 2.06. The van der Waals surface area contributed by atoms with Crippen molar-refractivity contribution in [2.24, 2.45) is 4.99 Å². The lowest BCUT2D eigenvalue weighted by molar-refractivity contribution is 0.259.